The van der Waals surface area contributed by atoms with Crippen molar-refractivity contribution in [3.05, 3.63) is 23.8 Å². The first-order chi connectivity index (χ1) is 7.27. The minimum absolute atomic E-state index is 0.0956. The van der Waals surface area contributed by atoms with Crippen LogP contribution in [0.3, 0.4) is 0 Å². The highest BCUT2D eigenvalue weighted by Crippen LogP contribution is 2.29. The SMILES string of the molecule is O=C(O)c1ccnc(C2CCSCC2)n1. The summed E-state index contributed by atoms with van der Waals surface area (Å²) in [5, 5.41) is 8.81. The summed E-state index contributed by atoms with van der Waals surface area (Å²) in [6, 6.07) is 1.43. The number of thioether (sulfide) groups is 1. The first-order valence-electron chi connectivity index (χ1n) is 4.91. The van der Waals surface area contributed by atoms with Crippen molar-refractivity contribution in [3.63, 3.8) is 0 Å². The van der Waals surface area contributed by atoms with Crippen LogP contribution in [-0.2, 0) is 0 Å². The molecule has 0 spiro atoms. The topological polar surface area (TPSA) is 63.1 Å². The molecule has 1 aliphatic rings. The molecule has 1 aliphatic heterocycles. The molecule has 1 aromatic rings. The number of carboxylic acid groups (broad SMARTS) is 1. The Morgan fingerprint density at radius 3 is 2.87 bits per heavy atom. The van der Waals surface area contributed by atoms with E-state index in [0.29, 0.717) is 11.7 Å². The Bertz CT molecular complexity index is 364. The molecular weight excluding hydrogens is 212 g/mol. The highest BCUT2D eigenvalue weighted by atomic mass is 32.2. The Morgan fingerprint density at radius 1 is 1.47 bits per heavy atom. The lowest BCUT2D eigenvalue weighted by Gasteiger charge is -2.19. The van der Waals surface area contributed by atoms with Gasteiger partial charge in [0.1, 0.15) is 5.82 Å². The average Bonchev–Trinajstić information content (AvgIpc) is 2.30. The van der Waals surface area contributed by atoms with E-state index >= 15 is 0 Å². The molecule has 1 aromatic heterocycles. The Morgan fingerprint density at radius 2 is 2.20 bits per heavy atom. The Kier molecular flexibility index (Phi) is 3.20. The number of rotatable bonds is 2. The Hall–Kier alpha value is -1.10. The summed E-state index contributed by atoms with van der Waals surface area (Å²) < 4.78 is 0. The van der Waals surface area contributed by atoms with E-state index < -0.39 is 5.97 Å². The second kappa shape index (κ2) is 4.61. The third-order valence-corrected chi connectivity index (χ3v) is 3.53. The third-order valence-electron chi connectivity index (χ3n) is 2.48. The van der Waals surface area contributed by atoms with E-state index in [-0.39, 0.29) is 5.69 Å². The summed E-state index contributed by atoms with van der Waals surface area (Å²) in [7, 11) is 0. The molecule has 0 aliphatic carbocycles. The number of nitrogens with zero attached hydrogens (tertiary/aromatic N) is 2. The monoisotopic (exact) mass is 224 g/mol. The van der Waals surface area contributed by atoms with Crippen molar-refractivity contribution >= 4 is 17.7 Å². The van der Waals surface area contributed by atoms with E-state index in [0.717, 1.165) is 24.3 Å². The van der Waals surface area contributed by atoms with Gasteiger partial charge in [-0.3, -0.25) is 0 Å². The summed E-state index contributed by atoms with van der Waals surface area (Å²) in [6.07, 6.45) is 3.63. The normalized spacial score (nSPS) is 17.6. The maximum absolute atomic E-state index is 10.7. The van der Waals surface area contributed by atoms with Crippen molar-refractivity contribution in [2.75, 3.05) is 11.5 Å². The number of hydrogen-bond acceptors (Lipinski definition) is 4. The van der Waals surface area contributed by atoms with Crippen LogP contribution >= 0.6 is 11.8 Å². The molecule has 0 bridgehead atoms. The first-order valence-corrected chi connectivity index (χ1v) is 6.07. The van der Waals surface area contributed by atoms with Gasteiger partial charge in [0.2, 0.25) is 0 Å². The molecule has 0 unspecified atom stereocenters. The van der Waals surface area contributed by atoms with Gasteiger partial charge < -0.3 is 5.11 Å². The predicted octanol–water partition coefficient (Wildman–Crippen LogP) is 1.79. The van der Waals surface area contributed by atoms with E-state index in [1.54, 1.807) is 0 Å². The van der Waals surface area contributed by atoms with Gasteiger partial charge in [-0.15, -0.1) is 0 Å². The molecule has 1 saturated heterocycles. The zero-order valence-corrected chi connectivity index (χ0v) is 9.04. The fraction of sp³-hybridized carbons (Fsp3) is 0.500. The average molecular weight is 224 g/mol. The number of aromatic carboxylic acids is 1. The molecule has 0 atom stereocenters. The van der Waals surface area contributed by atoms with Gasteiger partial charge in [0.05, 0.1) is 0 Å². The van der Waals surface area contributed by atoms with Crippen molar-refractivity contribution in [2.24, 2.45) is 0 Å². The largest absolute Gasteiger partial charge is 0.477 e. The number of carbonyl (C=O) groups is 1. The third kappa shape index (κ3) is 2.47. The van der Waals surface area contributed by atoms with Crippen LogP contribution in [0.25, 0.3) is 0 Å². The lowest BCUT2D eigenvalue weighted by Crippen LogP contribution is -2.13. The van der Waals surface area contributed by atoms with Crippen molar-refractivity contribution in [1.82, 2.24) is 9.97 Å². The molecule has 80 valence electrons. The fourth-order valence-electron chi connectivity index (χ4n) is 1.65. The Labute approximate surface area is 92.1 Å². The first kappa shape index (κ1) is 10.4. The van der Waals surface area contributed by atoms with Crippen molar-refractivity contribution in [2.45, 2.75) is 18.8 Å². The predicted molar refractivity (Wildman–Crippen MR) is 58.3 cm³/mol. The van der Waals surface area contributed by atoms with Gasteiger partial charge >= 0.3 is 5.97 Å². The lowest BCUT2D eigenvalue weighted by molar-refractivity contribution is 0.0689. The van der Waals surface area contributed by atoms with E-state index in [9.17, 15) is 4.79 Å². The van der Waals surface area contributed by atoms with E-state index in [1.165, 1.54) is 12.3 Å². The molecule has 0 amide bonds. The van der Waals surface area contributed by atoms with Crippen LogP contribution < -0.4 is 0 Å². The molecule has 15 heavy (non-hydrogen) atoms. The standard InChI is InChI=1S/C10H12N2O2S/c13-10(14)8-1-4-11-9(12-8)7-2-5-15-6-3-7/h1,4,7H,2-3,5-6H2,(H,13,14). The van der Waals surface area contributed by atoms with Crippen molar-refractivity contribution in [1.29, 1.82) is 0 Å². The minimum Gasteiger partial charge on any atom is -0.477 e. The van der Waals surface area contributed by atoms with Gasteiger partial charge in [-0.05, 0) is 30.4 Å². The maximum atomic E-state index is 10.7. The van der Waals surface area contributed by atoms with Crippen LogP contribution in [0.2, 0.25) is 0 Å². The summed E-state index contributed by atoms with van der Waals surface area (Å²) in [4.78, 5) is 19.0. The minimum atomic E-state index is -0.983. The smallest absolute Gasteiger partial charge is 0.354 e. The number of aromatic nitrogens is 2. The molecule has 0 saturated carbocycles. The summed E-state index contributed by atoms with van der Waals surface area (Å²) in [6.45, 7) is 0. The Balaban J connectivity index is 2.19. The number of carboxylic acids is 1. The van der Waals surface area contributed by atoms with Gasteiger partial charge in [-0.1, -0.05) is 0 Å². The zero-order valence-electron chi connectivity index (χ0n) is 8.22. The molecule has 0 aromatic carbocycles. The molecular formula is C10H12N2O2S. The summed E-state index contributed by atoms with van der Waals surface area (Å²) in [5.74, 6) is 2.28. The molecule has 1 N–H and O–H groups in total. The number of hydrogen-bond donors (Lipinski definition) is 1. The molecule has 2 rings (SSSR count). The van der Waals surface area contributed by atoms with Crippen LogP contribution in [0.5, 0.6) is 0 Å². The molecule has 2 heterocycles. The molecule has 5 heteroatoms. The van der Waals surface area contributed by atoms with Crippen LogP contribution in [0.1, 0.15) is 35.1 Å². The van der Waals surface area contributed by atoms with Gasteiger partial charge in [0.15, 0.2) is 5.69 Å². The van der Waals surface area contributed by atoms with Gasteiger partial charge in [0, 0.05) is 12.1 Å². The van der Waals surface area contributed by atoms with E-state index in [2.05, 4.69) is 9.97 Å². The van der Waals surface area contributed by atoms with E-state index in [1.807, 2.05) is 11.8 Å². The molecule has 0 radical (unpaired) electrons. The van der Waals surface area contributed by atoms with E-state index in [4.69, 9.17) is 5.11 Å². The van der Waals surface area contributed by atoms with Crippen LogP contribution in [0.4, 0.5) is 0 Å². The summed E-state index contributed by atoms with van der Waals surface area (Å²) >= 11 is 1.93. The zero-order chi connectivity index (χ0) is 10.7. The quantitative estimate of drug-likeness (QED) is 0.829. The van der Waals surface area contributed by atoms with Crippen molar-refractivity contribution in [3.8, 4) is 0 Å². The molecule has 4 nitrogen and oxygen atoms in total. The second-order valence-corrected chi connectivity index (χ2v) is 4.72. The maximum Gasteiger partial charge on any atom is 0.354 e. The van der Waals surface area contributed by atoms with Crippen LogP contribution in [-0.4, -0.2) is 32.5 Å². The van der Waals surface area contributed by atoms with Gasteiger partial charge in [0.25, 0.3) is 0 Å². The lowest BCUT2D eigenvalue weighted by atomic mass is 10.0. The molecule has 1 fully saturated rings. The van der Waals surface area contributed by atoms with Gasteiger partial charge in [-0.2, -0.15) is 11.8 Å². The second-order valence-electron chi connectivity index (χ2n) is 3.49. The van der Waals surface area contributed by atoms with Gasteiger partial charge in [-0.25, -0.2) is 14.8 Å². The fourth-order valence-corrected chi connectivity index (χ4v) is 2.75. The van der Waals surface area contributed by atoms with Crippen LogP contribution in [0, 0.1) is 0 Å². The highest BCUT2D eigenvalue weighted by Gasteiger charge is 2.19. The highest BCUT2D eigenvalue weighted by molar-refractivity contribution is 7.99. The van der Waals surface area contributed by atoms with Crippen molar-refractivity contribution < 1.29 is 9.90 Å². The van der Waals surface area contributed by atoms with Crippen LogP contribution in [0.15, 0.2) is 12.3 Å². The summed E-state index contributed by atoms with van der Waals surface area (Å²) in [5.41, 5.74) is 0.0956.